The molecule has 0 amide bonds. The molecule has 0 bridgehead atoms. The third kappa shape index (κ3) is 1.85. The second kappa shape index (κ2) is 4.51. The predicted octanol–water partition coefficient (Wildman–Crippen LogP) is 2.25. The Kier molecular flexibility index (Phi) is 3.25. The average Bonchev–Trinajstić information content (AvgIpc) is 2.29. The summed E-state index contributed by atoms with van der Waals surface area (Å²) in [6.07, 6.45) is 0. The van der Waals surface area contributed by atoms with Crippen molar-refractivity contribution >= 4 is 15.9 Å². The molecule has 1 aromatic carbocycles. The molecule has 0 spiro atoms. The van der Waals surface area contributed by atoms with Gasteiger partial charge in [0.15, 0.2) is 11.5 Å². The van der Waals surface area contributed by atoms with E-state index < -0.39 is 0 Å². The van der Waals surface area contributed by atoms with Crippen LogP contribution in [0.25, 0.3) is 0 Å². The van der Waals surface area contributed by atoms with Crippen molar-refractivity contribution in [2.45, 2.75) is 13.0 Å². The van der Waals surface area contributed by atoms with Gasteiger partial charge < -0.3 is 19.9 Å². The van der Waals surface area contributed by atoms with Gasteiger partial charge in [0, 0.05) is 11.6 Å². The van der Waals surface area contributed by atoms with Crippen molar-refractivity contribution in [1.29, 1.82) is 0 Å². The lowest BCUT2D eigenvalue weighted by atomic mass is 10.1. The zero-order valence-electron chi connectivity index (χ0n) is 9.25. The summed E-state index contributed by atoms with van der Waals surface area (Å²) >= 11 is 3.46. The van der Waals surface area contributed by atoms with E-state index in [0.29, 0.717) is 30.5 Å². The predicted molar refractivity (Wildman–Crippen MR) is 64.3 cm³/mol. The Bertz CT molecular complexity index is 407. The smallest absolute Gasteiger partial charge is 0.179 e. The van der Waals surface area contributed by atoms with E-state index in [1.807, 2.05) is 13.0 Å². The first-order valence-corrected chi connectivity index (χ1v) is 5.86. The Morgan fingerprint density at radius 1 is 1.44 bits per heavy atom. The van der Waals surface area contributed by atoms with Gasteiger partial charge in [-0.25, -0.2) is 0 Å². The second-order valence-electron chi connectivity index (χ2n) is 3.63. The molecule has 0 fully saturated rings. The molecule has 0 saturated heterocycles. The maximum atomic E-state index is 5.89. The van der Waals surface area contributed by atoms with Gasteiger partial charge in [0.1, 0.15) is 23.4 Å². The number of nitrogens with two attached hydrogens (primary N) is 1. The van der Waals surface area contributed by atoms with Crippen LogP contribution in [-0.4, -0.2) is 20.3 Å². The summed E-state index contributed by atoms with van der Waals surface area (Å²) in [5, 5.41) is 0. The molecule has 16 heavy (non-hydrogen) atoms. The molecule has 2 rings (SSSR count). The van der Waals surface area contributed by atoms with Crippen molar-refractivity contribution in [2.75, 3.05) is 20.3 Å². The van der Waals surface area contributed by atoms with Crippen LogP contribution in [0.5, 0.6) is 17.2 Å². The first-order chi connectivity index (χ1) is 7.65. The van der Waals surface area contributed by atoms with Gasteiger partial charge in [0.25, 0.3) is 0 Å². The van der Waals surface area contributed by atoms with Crippen LogP contribution < -0.4 is 19.9 Å². The number of halogens is 1. The van der Waals surface area contributed by atoms with Crippen molar-refractivity contribution in [2.24, 2.45) is 5.73 Å². The van der Waals surface area contributed by atoms with Gasteiger partial charge in [-0.3, -0.25) is 0 Å². The summed E-state index contributed by atoms with van der Waals surface area (Å²) in [6.45, 7) is 3.01. The van der Waals surface area contributed by atoms with Crippen LogP contribution in [0, 0.1) is 0 Å². The van der Waals surface area contributed by atoms with Gasteiger partial charge in [-0.1, -0.05) is 0 Å². The van der Waals surface area contributed by atoms with Crippen molar-refractivity contribution < 1.29 is 14.2 Å². The molecular weight excluding hydrogens is 274 g/mol. The van der Waals surface area contributed by atoms with Crippen molar-refractivity contribution in [3.63, 3.8) is 0 Å². The van der Waals surface area contributed by atoms with E-state index >= 15 is 0 Å². The molecule has 1 aliphatic heterocycles. The molecule has 0 aromatic heterocycles. The standard InChI is InChI=1S/C11H14BrNO3/c1-6(13)7-5-8-11(16-4-3-15-8)9(12)10(7)14-2/h5-6H,3-4,13H2,1-2H3. The van der Waals surface area contributed by atoms with E-state index in [9.17, 15) is 0 Å². The maximum absolute atomic E-state index is 5.89. The number of hydrogen-bond donors (Lipinski definition) is 1. The molecular formula is C11H14BrNO3. The van der Waals surface area contributed by atoms with Crippen LogP contribution in [0.3, 0.4) is 0 Å². The first kappa shape index (κ1) is 11.5. The minimum Gasteiger partial charge on any atom is -0.495 e. The fraction of sp³-hybridized carbons (Fsp3) is 0.455. The summed E-state index contributed by atoms with van der Waals surface area (Å²) in [7, 11) is 1.61. The van der Waals surface area contributed by atoms with E-state index in [0.717, 1.165) is 10.0 Å². The van der Waals surface area contributed by atoms with Crippen LogP contribution in [0.4, 0.5) is 0 Å². The van der Waals surface area contributed by atoms with E-state index in [4.69, 9.17) is 19.9 Å². The highest BCUT2D eigenvalue weighted by molar-refractivity contribution is 9.10. The third-order valence-electron chi connectivity index (χ3n) is 2.45. The fourth-order valence-corrected chi connectivity index (χ4v) is 2.39. The van der Waals surface area contributed by atoms with Crippen LogP contribution in [-0.2, 0) is 0 Å². The number of rotatable bonds is 2. The molecule has 1 unspecified atom stereocenters. The van der Waals surface area contributed by atoms with Crippen molar-refractivity contribution in [3.05, 3.63) is 16.1 Å². The molecule has 1 aromatic rings. The molecule has 2 N–H and O–H groups in total. The average molecular weight is 288 g/mol. The first-order valence-electron chi connectivity index (χ1n) is 5.06. The highest BCUT2D eigenvalue weighted by Crippen LogP contribution is 2.46. The van der Waals surface area contributed by atoms with Gasteiger partial charge in [-0.05, 0) is 28.9 Å². The second-order valence-corrected chi connectivity index (χ2v) is 4.42. The minimum absolute atomic E-state index is 0.123. The SMILES string of the molecule is COc1c(C(C)N)cc2c(c1Br)OCCO2. The highest BCUT2D eigenvalue weighted by atomic mass is 79.9. The summed E-state index contributed by atoms with van der Waals surface area (Å²) < 4.78 is 17.2. The van der Waals surface area contributed by atoms with E-state index in [2.05, 4.69) is 15.9 Å². The minimum atomic E-state index is -0.123. The molecule has 1 aliphatic rings. The van der Waals surface area contributed by atoms with Crippen molar-refractivity contribution in [3.8, 4) is 17.2 Å². The number of fused-ring (bicyclic) bond motifs is 1. The zero-order valence-corrected chi connectivity index (χ0v) is 10.8. The molecule has 1 heterocycles. The maximum Gasteiger partial charge on any atom is 0.179 e. The lowest BCUT2D eigenvalue weighted by molar-refractivity contribution is 0.169. The Morgan fingerprint density at radius 2 is 2.12 bits per heavy atom. The Labute approximate surface area is 103 Å². The molecule has 5 heteroatoms. The molecule has 0 radical (unpaired) electrons. The zero-order chi connectivity index (χ0) is 11.7. The summed E-state index contributed by atoms with van der Waals surface area (Å²) in [5.41, 5.74) is 6.80. The van der Waals surface area contributed by atoms with E-state index in [1.54, 1.807) is 7.11 Å². The topological polar surface area (TPSA) is 53.7 Å². The quantitative estimate of drug-likeness (QED) is 0.907. The van der Waals surface area contributed by atoms with Gasteiger partial charge in [-0.15, -0.1) is 0 Å². The highest BCUT2D eigenvalue weighted by Gasteiger charge is 2.23. The Hall–Kier alpha value is -0.940. The van der Waals surface area contributed by atoms with Gasteiger partial charge in [-0.2, -0.15) is 0 Å². The molecule has 88 valence electrons. The summed E-state index contributed by atoms with van der Waals surface area (Å²) in [6, 6.07) is 1.75. The molecule has 1 atom stereocenters. The fourth-order valence-electron chi connectivity index (χ4n) is 1.69. The number of methoxy groups -OCH3 is 1. The third-order valence-corrected chi connectivity index (χ3v) is 3.17. The lowest BCUT2D eigenvalue weighted by Crippen LogP contribution is -2.17. The van der Waals surface area contributed by atoms with Gasteiger partial charge in [0.05, 0.1) is 7.11 Å². The number of benzene rings is 1. The normalized spacial score (nSPS) is 15.8. The van der Waals surface area contributed by atoms with E-state index in [1.165, 1.54) is 0 Å². The van der Waals surface area contributed by atoms with Gasteiger partial charge in [0.2, 0.25) is 0 Å². The van der Waals surface area contributed by atoms with Gasteiger partial charge >= 0.3 is 0 Å². The number of ether oxygens (including phenoxy) is 3. The van der Waals surface area contributed by atoms with Crippen LogP contribution in [0.1, 0.15) is 18.5 Å². The van der Waals surface area contributed by atoms with Crippen LogP contribution in [0.15, 0.2) is 10.5 Å². The molecule has 0 aliphatic carbocycles. The largest absolute Gasteiger partial charge is 0.495 e. The summed E-state index contributed by atoms with van der Waals surface area (Å²) in [5.74, 6) is 2.11. The number of hydrogen-bond acceptors (Lipinski definition) is 4. The Balaban J connectivity index is 2.59. The Morgan fingerprint density at radius 3 is 2.75 bits per heavy atom. The molecule has 0 saturated carbocycles. The van der Waals surface area contributed by atoms with Crippen LogP contribution >= 0.6 is 15.9 Å². The monoisotopic (exact) mass is 287 g/mol. The lowest BCUT2D eigenvalue weighted by Gasteiger charge is -2.23. The molecule has 4 nitrogen and oxygen atoms in total. The van der Waals surface area contributed by atoms with Crippen molar-refractivity contribution in [1.82, 2.24) is 0 Å². The van der Waals surface area contributed by atoms with E-state index in [-0.39, 0.29) is 6.04 Å². The van der Waals surface area contributed by atoms with Crippen LogP contribution in [0.2, 0.25) is 0 Å². The summed E-state index contributed by atoms with van der Waals surface area (Å²) in [4.78, 5) is 0.